The van der Waals surface area contributed by atoms with Gasteiger partial charge in [-0.05, 0) is 62.9 Å². The second-order valence-electron chi connectivity index (χ2n) is 7.44. The van der Waals surface area contributed by atoms with Crippen molar-refractivity contribution in [1.29, 1.82) is 0 Å². The summed E-state index contributed by atoms with van der Waals surface area (Å²) in [4.78, 5) is 0. The minimum absolute atomic E-state index is 0.874. The van der Waals surface area contributed by atoms with Gasteiger partial charge in [-0.25, -0.2) is 0 Å². The molecule has 0 atom stereocenters. The van der Waals surface area contributed by atoms with E-state index in [1.54, 1.807) is 7.11 Å². The molecule has 5 rings (SSSR count). The van der Waals surface area contributed by atoms with Gasteiger partial charge < -0.3 is 4.74 Å². The van der Waals surface area contributed by atoms with Gasteiger partial charge in [0.05, 0.1) is 7.11 Å². The highest BCUT2D eigenvalue weighted by Gasteiger charge is 2.16. The largest absolute Gasteiger partial charge is 0.497 e. The molecule has 0 fully saturated rings. The molecule has 0 unspecified atom stereocenters. The fourth-order valence-electron chi connectivity index (χ4n) is 4.23. The first-order valence-electron chi connectivity index (χ1n) is 9.91. The normalized spacial score (nSPS) is 11.1. The van der Waals surface area contributed by atoms with Crippen molar-refractivity contribution < 1.29 is 4.74 Å². The maximum atomic E-state index is 5.37. The quantitative estimate of drug-likeness (QED) is 0.295. The fraction of sp³-hybridized carbons (Fsp3) is 0.0714. The van der Waals surface area contributed by atoms with Crippen molar-refractivity contribution in [3.05, 3.63) is 103 Å². The zero-order chi connectivity index (χ0) is 19.8. The summed E-state index contributed by atoms with van der Waals surface area (Å²) in [6.07, 6.45) is 0. The van der Waals surface area contributed by atoms with Crippen LogP contribution in [0.1, 0.15) is 5.56 Å². The number of methoxy groups -OCH3 is 1. The molecule has 0 aliphatic rings. The number of hydrogen-bond donors (Lipinski definition) is 0. The molecule has 0 amide bonds. The van der Waals surface area contributed by atoms with Gasteiger partial charge in [-0.2, -0.15) is 0 Å². The van der Waals surface area contributed by atoms with Gasteiger partial charge in [0, 0.05) is 0 Å². The predicted octanol–water partition coefficient (Wildman–Crippen LogP) is 7.64. The number of hydrogen-bond acceptors (Lipinski definition) is 1. The van der Waals surface area contributed by atoms with E-state index in [2.05, 4.69) is 91.9 Å². The molecule has 0 aliphatic heterocycles. The van der Waals surface area contributed by atoms with Crippen molar-refractivity contribution >= 4 is 21.5 Å². The van der Waals surface area contributed by atoms with Gasteiger partial charge in [-0.3, -0.25) is 0 Å². The van der Waals surface area contributed by atoms with Gasteiger partial charge in [0.25, 0.3) is 0 Å². The molecule has 1 heteroatoms. The summed E-state index contributed by atoms with van der Waals surface area (Å²) < 4.78 is 5.37. The second-order valence-corrected chi connectivity index (χ2v) is 7.44. The zero-order valence-corrected chi connectivity index (χ0v) is 16.6. The lowest BCUT2D eigenvalue weighted by Crippen LogP contribution is -1.91. The maximum absolute atomic E-state index is 5.37. The third-order valence-corrected chi connectivity index (χ3v) is 5.65. The Morgan fingerprint density at radius 3 is 1.24 bits per heavy atom. The van der Waals surface area contributed by atoms with Crippen molar-refractivity contribution in [2.45, 2.75) is 6.92 Å². The standard InChI is InChI=1S/C28H22O/c1-19-11-13-20(14-12-19)27-23-7-3-5-9-25(23)28(26-10-6-4-8-24(26)27)21-15-17-22(29-2)18-16-21/h3-18H,1-2H3. The smallest absolute Gasteiger partial charge is 0.118 e. The molecule has 0 saturated carbocycles. The molecule has 0 bridgehead atoms. The van der Waals surface area contributed by atoms with Crippen molar-refractivity contribution in [1.82, 2.24) is 0 Å². The Hall–Kier alpha value is -3.58. The summed E-state index contributed by atoms with van der Waals surface area (Å²) in [6.45, 7) is 2.13. The number of fused-ring (bicyclic) bond motifs is 2. The molecule has 0 radical (unpaired) electrons. The van der Waals surface area contributed by atoms with Crippen LogP contribution in [0.3, 0.4) is 0 Å². The Labute approximate surface area is 171 Å². The Kier molecular flexibility index (Phi) is 4.29. The van der Waals surface area contributed by atoms with Gasteiger partial charge in [-0.1, -0.05) is 90.5 Å². The van der Waals surface area contributed by atoms with E-state index >= 15 is 0 Å². The lowest BCUT2D eigenvalue weighted by Gasteiger charge is -2.18. The molecular weight excluding hydrogens is 352 g/mol. The molecule has 5 aromatic rings. The summed E-state index contributed by atoms with van der Waals surface area (Å²) >= 11 is 0. The van der Waals surface area contributed by atoms with Crippen LogP contribution in [0, 0.1) is 6.92 Å². The first kappa shape index (κ1) is 17.5. The maximum Gasteiger partial charge on any atom is 0.118 e. The van der Waals surface area contributed by atoms with Crippen LogP contribution < -0.4 is 4.74 Å². The second kappa shape index (κ2) is 7.10. The minimum Gasteiger partial charge on any atom is -0.497 e. The molecule has 0 N–H and O–H groups in total. The summed E-state index contributed by atoms with van der Waals surface area (Å²) in [5.41, 5.74) is 6.30. The van der Waals surface area contributed by atoms with Crippen molar-refractivity contribution in [2.75, 3.05) is 7.11 Å². The molecule has 1 nitrogen and oxygen atoms in total. The molecule has 0 spiro atoms. The molecule has 0 aromatic heterocycles. The highest BCUT2D eigenvalue weighted by Crippen LogP contribution is 2.43. The van der Waals surface area contributed by atoms with Crippen LogP contribution in [0.15, 0.2) is 97.1 Å². The molecule has 0 aliphatic carbocycles. The molecule has 29 heavy (non-hydrogen) atoms. The van der Waals surface area contributed by atoms with E-state index in [4.69, 9.17) is 4.74 Å². The molecule has 5 aromatic carbocycles. The third-order valence-electron chi connectivity index (χ3n) is 5.65. The van der Waals surface area contributed by atoms with Gasteiger partial charge in [0.1, 0.15) is 5.75 Å². The van der Waals surface area contributed by atoms with Gasteiger partial charge in [0.2, 0.25) is 0 Å². The van der Waals surface area contributed by atoms with Crippen LogP contribution in [-0.4, -0.2) is 7.11 Å². The van der Waals surface area contributed by atoms with Gasteiger partial charge in [0.15, 0.2) is 0 Å². The van der Waals surface area contributed by atoms with E-state index in [1.165, 1.54) is 49.4 Å². The van der Waals surface area contributed by atoms with Crippen molar-refractivity contribution in [3.8, 4) is 28.0 Å². The number of ether oxygens (including phenoxy) is 1. The Balaban J connectivity index is 1.92. The Morgan fingerprint density at radius 1 is 0.483 bits per heavy atom. The summed E-state index contributed by atoms with van der Waals surface area (Å²) in [7, 11) is 1.70. The highest BCUT2D eigenvalue weighted by atomic mass is 16.5. The number of benzene rings is 5. The topological polar surface area (TPSA) is 9.23 Å². The number of rotatable bonds is 3. The van der Waals surface area contributed by atoms with Crippen LogP contribution >= 0.6 is 0 Å². The lowest BCUT2D eigenvalue weighted by molar-refractivity contribution is 0.415. The van der Waals surface area contributed by atoms with E-state index in [9.17, 15) is 0 Å². The first-order valence-corrected chi connectivity index (χ1v) is 9.91. The van der Waals surface area contributed by atoms with E-state index < -0.39 is 0 Å². The molecule has 0 heterocycles. The van der Waals surface area contributed by atoms with E-state index in [0.717, 1.165) is 5.75 Å². The molecule has 0 saturated heterocycles. The van der Waals surface area contributed by atoms with E-state index in [1.807, 2.05) is 12.1 Å². The van der Waals surface area contributed by atoms with Crippen molar-refractivity contribution in [2.24, 2.45) is 0 Å². The van der Waals surface area contributed by atoms with E-state index in [0.29, 0.717) is 0 Å². The van der Waals surface area contributed by atoms with Crippen LogP contribution in [0.5, 0.6) is 5.75 Å². The van der Waals surface area contributed by atoms with Crippen LogP contribution in [0.2, 0.25) is 0 Å². The van der Waals surface area contributed by atoms with Crippen LogP contribution in [0.4, 0.5) is 0 Å². The first-order chi connectivity index (χ1) is 14.3. The lowest BCUT2D eigenvalue weighted by atomic mass is 9.86. The Bertz CT molecular complexity index is 1260. The summed E-state index contributed by atoms with van der Waals surface area (Å²) in [6, 6.07) is 34.7. The molecular formula is C28H22O. The monoisotopic (exact) mass is 374 g/mol. The Morgan fingerprint density at radius 2 is 0.862 bits per heavy atom. The highest BCUT2D eigenvalue weighted by molar-refractivity contribution is 6.21. The molecule has 140 valence electrons. The van der Waals surface area contributed by atoms with Crippen LogP contribution in [-0.2, 0) is 0 Å². The van der Waals surface area contributed by atoms with E-state index in [-0.39, 0.29) is 0 Å². The fourth-order valence-corrected chi connectivity index (χ4v) is 4.23. The van der Waals surface area contributed by atoms with Gasteiger partial charge in [-0.15, -0.1) is 0 Å². The average Bonchev–Trinajstić information content (AvgIpc) is 2.78. The number of aryl methyl sites for hydroxylation is 1. The van der Waals surface area contributed by atoms with Crippen molar-refractivity contribution in [3.63, 3.8) is 0 Å². The van der Waals surface area contributed by atoms with Crippen LogP contribution in [0.25, 0.3) is 43.8 Å². The van der Waals surface area contributed by atoms with Gasteiger partial charge >= 0.3 is 0 Å². The summed E-state index contributed by atoms with van der Waals surface area (Å²) in [5, 5.41) is 5.10. The third kappa shape index (κ3) is 2.96. The predicted molar refractivity (Wildman–Crippen MR) is 124 cm³/mol. The minimum atomic E-state index is 0.874. The SMILES string of the molecule is COc1ccc(-c2c3ccccc3c(-c3ccc(C)cc3)c3ccccc23)cc1. The summed E-state index contributed by atoms with van der Waals surface area (Å²) in [5.74, 6) is 0.874. The average molecular weight is 374 g/mol. The zero-order valence-electron chi connectivity index (χ0n) is 16.6.